The number of carboxylic acids is 1. The molecule has 0 heterocycles. The van der Waals surface area contributed by atoms with Crippen molar-refractivity contribution in [2.45, 2.75) is 6.54 Å². The lowest BCUT2D eigenvalue weighted by molar-refractivity contribution is -0.496. The number of aromatic carboxylic acids is 1. The highest BCUT2D eigenvalue weighted by Crippen LogP contribution is 2.15. The summed E-state index contributed by atoms with van der Waals surface area (Å²) in [5.41, 5.74) is 1.08. The first-order valence-corrected chi connectivity index (χ1v) is 5.23. The summed E-state index contributed by atoms with van der Waals surface area (Å²) < 4.78 is 0. The maximum atomic E-state index is 10.8. The third kappa shape index (κ3) is 3.89. The van der Waals surface area contributed by atoms with Gasteiger partial charge in [0, 0.05) is 24.6 Å². The number of benzene rings is 1. The van der Waals surface area contributed by atoms with Gasteiger partial charge in [-0.15, -0.1) is 0 Å². The molecule has 0 spiro atoms. The Morgan fingerprint density at radius 2 is 2.17 bits per heavy atom. The molecular weight excluding hydrogens is 236 g/mol. The molecule has 0 saturated carbocycles. The molecule has 6 nitrogen and oxygen atoms in total. The third-order valence-corrected chi connectivity index (χ3v) is 2.24. The predicted octanol–water partition coefficient (Wildman–Crippen LogP) is 1.69. The number of carboxylic acid groups (broad SMARTS) is 1. The van der Waals surface area contributed by atoms with Crippen molar-refractivity contribution in [2.75, 3.05) is 14.1 Å². The van der Waals surface area contributed by atoms with Crippen LogP contribution in [-0.4, -0.2) is 35.0 Å². The molecule has 0 saturated heterocycles. The fourth-order valence-electron chi connectivity index (χ4n) is 1.41. The molecule has 0 fully saturated rings. The molecular formula is C12H14N2O4. The van der Waals surface area contributed by atoms with Crippen LogP contribution in [0.2, 0.25) is 0 Å². The van der Waals surface area contributed by atoms with Crippen molar-refractivity contribution in [1.82, 2.24) is 4.90 Å². The zero-order valence-corrected chi connectivity index (χ0v) is 10.2. The Kier molecular flexibility index (Phi) is 4.42. The van der Waals surface area contributed by atoms with Crippen LogP contribution in [0.15, 0.2) is 24.4 Å². The molecule has 6 heteroatoms. The van der Waals surface area contributed by atoms with E-state index < -0.39 is 17.4 Å². The molecule has 1 aromatic carbocycles. The number of hydrogen-bond acceptors (Lipinski definition) is 4. The van der Waals surface area contributed by atoms with Gasteiger partial charge < -0.3 is 10.0 Å². The monoisotopic (exact) mass is 250 g/mol. The molecule has 96 valence electrons. The van der Waals surface area contributed by atoms with Crippen LogP contribution in [0.5, 0.6) is 0 Å². The normalized spacial score (nSPS) is 10.6. The van der Waals surface area contributed by atoms with Crippen molar-refractivity contribution in [3.05, 3.63) is 51.2 Å². The van der Waals surface area contributed by atoms with E-state index in [4.69, 9.17) is 5.11 Å². The van der Waals surface area contributed by atoms with Crippen LogP contribution in [-0.2, 0) is 6.54 Å². The van der Waals surface area contributed by atoms with Crippen molar-refractivity contribution in [3.8, 4) is 0 Å². The molecule has 0 radical (unpaired) electrons. The van der Waals surface area contributed by atoms with Gasteiger partial charge in [-0.05, 0) is 30.0 Å². The molecule has 0 amide bonds. The highest BCUT2D eigenvalue weighted by atomic mass is 16.6. The summed E-state index contributed by atoms with van der Waals surface area (Å²) >= 11 is 0. The molecule has 18 heavy (non-hydrogen) atoms. The van der Waals surface area contributed by atoms with E-state index in [1.807, 2.05) is 14.1 Å². The van der Waals surface area contributed by atoms with Gasteiger partial charge in [-0.3, -0.25) is 10.1 Å². The van der Waals surface area contributed by atoms with Crippen molar-refractivity contribution < 1.29 is 14.8 Å². The van der Waals surface area contributed by atoms with Crippen LogP contribution in [0.25, 0.3) is 6.08 Å². The Hall–Kier alpha value is -2.37. The highest BCUT2D eigenvalue weighted by Gasteiger charge is 2.11. The van der Waals surface area contributed by atoms with Gasteiger partial charge in [0.2, 0.25) is 6.54 Å². The fourth-order valence-corrected chi connectivity index (χ4v) is 1.41. The number of hydrogen-bond donors (Lipinski definition) is 1. The minimum absolute atomic E-state index is 0.0499. The summed E-state index contributed by atoms with van der Waals surface area (Å²) in [4.78, 5) is 22.7. The van der Waals surface area contributed by atoms with Gasteiger partial charge >= 0.3 is 5.97 Å². The summed E-state index contributed by atoms with van der Waals surface area (Å²) in [6.07, 6.45) is 3.46. The number of rotatable bonds is 5. The first-order valence-electron chi connectivity index (χ1n) is 5.23. The Bertz CT molecular complexity index is 495. The van der Waals surface area contributed by atoms with Gasteiger partial charge in [0.05, 0.1) is 5.56 Å². The third-order valence-electron chi connectivity index (χ3n) is 2.24. The van der Waals surface area contributed by atoms with Crippen LogP contribution in [0.4, 0.5) is 0 Å². The first-order chi connectivity index (χ1) is 8.40. The number of nitrogens with zero attached hydrogens (tertiary/aromatic N) is 2. The van der Waals surface area contributed by atoms with Crippen LogP contribution in [0.3, 0.4) is 0 Å². The molecule has 0 aliphatic heterocycles. The van der Waals surface area contributed by atoms with Gasteiger partial charge in [0.15, 0.2) is 0 Å². The van der Waals surface area contributed by atoms with Gasteiger partial charge in [-0.1, -0.05) is 6.07 Å². The molecule has 0 bridgehead atoms. The second-order valence-electron chi connectivity index (χ2n) is 3.99. The van der Waals surface area contributed by atoms with E-state index in [0.29, 0.717) is 11.1 Å². The molecule has 1 rings (SSSR count). The lowest BCUT2D eigenvalue weighted by Gasteiger charge is -2.06. The predicted molar refractivity (Wildman–Crippen MR) is 66.8 cm³/mol. The van der Waals surface area contributed by atoms with Crippen LogP contribution in [0.1, 0.15) is 21.5 Å². The van der Waals surface area contributed by atoms with E-state index in [9.17, 15) is 14.9 Å². The average molecular weight is 250 g/mol. The second kappa shape index (κ2) is 5.81. The van der Waals surface area contributed by atoms with Gasteiger partial charge in [-0.25, -0.2) is 4.79 Å². The Balaban J connectivity index is 3.16. The average Bonchev–Trinajstić information content (AvgIpc) is 2.26. The summed E-state index contributed by atoms with van der Waals surface area (Å²) in [5.74, 6) is -1.09. The minimum atomic E-state index is -1.09. The summed E-state index contributed by atoms with van der Waals surface area (Å²) in [5, 5.41) is 19.4. The van der Waals surface area contributed by atoms with Gasteiger partial charge in [0.25, 0.3) is 0 Å². The van der Waals surface area contributed by atoms with E-state index >= 15 is 0 Å². The molecule has 0 aromatic heterocycles. The van der Waals surface area contributed by atoms with Crippen LogP contribution in [0, 0.1) is 10.1 Å². The van der Waals surface area contributed by atoms with Crippen molar-refractivity contribution in [2.24, 2.45) is 0 Å². The fraction of sp³-hybridized carbons (Fsp3) is 0.250. The smallest absolute Gasteiger partial charge is 0.335 e. The maximum Gasteiger partial charge on any atom is 0.335 e. The van der Waals surface area contributed by atoms with Crippen molar-refractivity contribution >= 4 is 12.0 Å². The number of nitro groups is 1. The molecule has 0 aliphatic rings. The Morgan fingerprint density at radius 3 is 2.67 bits per heavy atom. The minimum Gasteiger partial charge on any atom is -0.478 e. The largest absolute Gasteiger partial charge is 0.478 e. The molecule has 0 aliphatic carbocycles. The summed E-state index contributed by atoms with van der Waals surface area (Å²) in [6.45, 7) is -0.395. The lowest BCUT2D eigenvalue weighted by Crippen LogP contribution is -2.05. The van der Waals surface area contributed by atoms with E-state index in [-0.39, 0.29) is 5.56 Å². The highest BCUT2D eigenvalue weighted by molar-refractivity contribution is 5.88. The van der Waals surface area contributed by atoms with E-state index in [1.54, 1.807) is 23.2 Å². The topological polar surface area (TPSA) is 83.7 Å². The van der Waals surface area contributed by atoms with Crippen molar-refractivity contribution in [1.29, 1.82) is 0 Å². The SMILES string of the molecule is CN(C)C=Cc1ccc(C(=O)O)cc1C[N+](=O)[O-]. The first kappa shape index (κ1) is 13.7. The van der Waals surface area contributed by atoms with E-state index in [0.717, 1.165) is 0 Å². The number of carbonyl (C=O) groups is 1. The zero-order chi connectivity index (χ0) is 13.7. The second-order valence-corrected chi connectivity index (χ2v) is 3.99. The van der Waals surface area contributed by atoms with Gasteiger partial charge in [0.1, 0.15) is 0 Å². The molecule has 0 unspecified atom stereocenters. The van der Waals surface area contributed by atoms with Crippen LogP contribution >= 0.6 is 0 Å². The zero-order valence-electron chi connectivity index (χ0n) is 10.2. The van der Waals surface area contributed by atoms with Crippen molar-refractivity contribution in [3.63, 3.8) is 0 Å². The molecule has 0 atom stereocenters. The summed E-state index contributed by atoms with van der Waals surface area (Å²) in [7, 11) is 3.66. The van der Waals surface area contributed by atoms with Crippen LogP contribution < -0.4 is 0 Å². The standard InChI is InChI=1S/C12H14N2O4/c1-13(2)6-5-9-3-4-10(12(15)16)7-11(9)8-14(17)18/h3-7H,8H2,1-2H3,(H,15,16). The van der Waals surface area contributed by atoms with Gasteiger partial charge in [-0.2, -0.15) is 0 Å². The van der Waals surface area contributed by atoms with E-state index in [1.165, 1.54) is 12.1 Å². The van der Waals surface area contributed by atoms with E-state index in [2.05, 4.69) is 0 Å². The Morgan fingerprint density at radius 1 is 1.50 bits per heavy atom. The maximum absolute atomic E-state index is 10.8. The molecule has 1 N–H and O–H groups in total. The summed E-state index contributed by atoms with van der Waals surface area (Å²) in [6, 6.07) is 4.34. The Labute approximate surface area is 104 Å². The molecule has 1 aromatic rings. The quantitative estimate of drug-likeness (QED) is 0.635. The lowest BCUT2D eigenvalue weighted by atomic mass is 10.0.